The van der Waals surface area contributed by atoms with Crippen molar-refractivity contribution in [2.45, 2.75) is 33.2 Å². The number of fused-ring (bicyclic) bond motifs is 5. The molecule has 0 radical (unpaired) electrons. The number of hydrogen-bond donors (Lipinski definition) is 2. The Bertz CT molecular complexity index is 1710. The molecule has 0 aliphatic carbocycles. The van der Waals surface area contributed by atoms with Crippen LogP contribution in [0.25, 0.3) is 28.5 Å². The van der Waals surface area contributed by atoms with Gasteiger partial charge >= 0.3 is 0 Å². The Morgan fingerprint density at radius 1 is 1.02 bits per heavy atom. The summed E-state index contributed by atoms with van der Waals surface area (Å²) in [5, 5.41) is 20.7. The molecule has 0 atom stereocenters. The summed E-state index contributed by atoms with van der Waals surface area (Å²) in [4.78, 5) is 6.67. The number of hydrogen-bond acceptors (Lipinski definition) is 7. The summed E-state index contributed by atoms with van der Waals surface area (Å²) < 4.78 is 12.3. The molecule has 2 aliphatic rings. The summed E-state index contributed by atoms with van der Waals surface area (Å²) in [6, 6.07) is 19.1. The Morgan fingerprint density at radius 3 is 2.60 bits per heavy atom. The van der Waals surface area contributed by atoms with Gasteiger partial charge in [-0.2, -0.15) is 0 Å². The third-order valence-electron chi connectivity index (χ3n) is 7.05. The first-order chi connectivity index (χ1) is 19.3. The second kappa shape index (κ2) is 9.92. The highest BCUT2D eigenvalue weighted by Crippen LogP contribution is 2.54. The first kappa shape index (κ1) is 25.8. The number of rotatable bonds is 5. The zero-order chi connectivity index (χ0) is 28.0. The predicted octanol–water partition coefficient (Wildman–Crippen LogP) is 8.43. The van der Waals surface area contributed by atoms with Crippen LogP contribution in [0.4, 0.5) is 5.69 Å². The number of methoxy groups -OCH3 is 1. The normalized spacial score (nSPS) is 16.2. The second-order valence-electron chi connectivity index (χ2n) is 10.5. The molecule has 0 spiro atoms. The van der Waals surface area contributed by atoms with Gasteiger partial charge in [-0.25, -0.2) is 0 Å². The summed E-state index contributed by atoms with van der Waals surface area (Å²) in [6.45, 7) is 8.37. The molecule has 6 rings (SSSR count). The average molecular weight is 551 g/mol. The molecule has 4 aromatic rings. The minimum absolute atomic E-state index is 0.0678. The molecule has 2 N–H and O–H groups in total. The van der Waals surface area contributed by atoms with Crippen LogP contribution in [0.1, 0.15) is 49.3 Å². The van der Waals surface area contributed by atoms with Gasteiger partial charge in [0.05, 0.1) is 23.9 Å². The monoisotopic (exact) mass is 550 g/mol. The van der Waals surface area contributed by atoms with Gasteiger partial charge in [0.15, 0.2) is 17.2 Å². The van der Waals surface area contributed by atoms with E-state index >= 15 is 0 Å². The number of nitrogens with zero attached hydrogens (tertiary/aromatic N) is 1. The lowest BCUT2D eigenvalue weighted by molar-refractivity contribution is 0.341. The molecule has 0 amide bonds. The number of para-hydroxylation sites is 1. The molecule has 40 heavy (non-hydrogen) atoms. The fraction of sp³-hybridized carbons (Fsp3) is 0.182. The molecule has 0 fully saturated rings. The van der Waals surface area contributed by atoms with E-state index in [0.717, 1.165) is 49.7 Å². The Hall–Kier alpha value is -4.49. The molecule has 0 unspecified atom stereocenters. The van der Waals surface area contributed by atoms with Gasteiger partial charge in [-0.1, -0.05) is 35.5 Å². The third kappa shape index (κ3) is 4.52. The summed E-state index contributed by atoms with van der Waals surface area (Å²) in [5.74, 6) is 2.47. The zero-order valence-electron chi connectivity index (χ0n) is 23.0. The highest BCUT2D eigenvalue weighted by atomic mass is 32.1. The topological polar surface area (TPSA) is 72.3 Å². The van der Waals surface area contributed by atoms with Crippen molar-refractivity contribution in [2.75, 3.05) is 12.4 Å². The Morgan fingerprint density at radius 2 is 1.82 bits per heavy atom. The number of allylic oxidation sites excluding steroid dienone is 1. The molecular weight excluding hydrogens is 520 g/mol. The molecule has 3 aromatic carbocycles. The van der Waals surface area contributed by atoms with Crippen molar-refractivity contribution in [1.29, 1.82) is 0 Å². The smallest absolute Gasteiger partial charge is 0.172 e. The first-order valence-corrected chi connectivity index (χ1v) is 13.9. The van der Waals surface area contributed by atoms with Gasteiger partial charge in [-0.3, -0.25) is 0 Å². The van der Waals surface area contributed by atoms with E-state index in [1.165, 1.54) is 0 Å². The first-order valence-electron chi connectivity index (χ1n) is 13.1. The fourth-order valence-corrected chi connectivity index (χ4v) is 6.32. The highest BCUT2D eigenvalue weighted by Gasteiger charge is 2.33. The van der Waals surface area contributed by atoms with Crippen LogP contribution in [-0.2, 0) is 0 Å². The molecule has 1 aromatic heterocycles. The van der Waals surface area contributed by atoms with Crippen molar-refractivity contribution < 1.29 is 19.4 Å². The van der Waals surface area contributed by atoms with Gasteiger partial charge in [-0.15, -0.1) is 11.3 Å². The van der Waals surface area contributed by atoms with Crippen LogP contribution < -0.4 is 19.6 Å². The molecular formula is C33H30N2O4S. The van der Waals surface area contributed by atoms with Crippen molar-refractivity contribution in [3.05, 3.63) is 93.7 Å². The van der Waals surface area contributed by atoms with Gasteiger partial charge in [-0.05, 0) is 81.1 Å². The van der Waals surface area contributed by atoms with Crippen LogP contribution >= 0.6 is 11.3 Å². The van der Waals surface area contributed by atoms with E-state index in [-0.39, 0.29) is 11.3 Å². The number of phenolic OH excluding ortho intramolecular Hbond substituents is 1. The molecule has 0 bridgehead atoms. The highest BCUT2D eigenvalue weighted by molar-refractivity contribution is 7.11. The number of oxime groups is 1. The molecule has 202 valence electrons. The zero-order valence-corrected chi connectivity index (χ0v) is 23.8. The Labute approximate surface area is 237 Å². The number of ether oxygens (including phenoxy) is 2. The van der Waals surface area contributed by atoms with Crippen molar-refractivity contribution in [1.82, 2.24) is 0 Å². The fourth-order valence-electron chi connectivity index (χ4n) is 5.45. The maximum atomic E-state index is 10.6. The number of nitrogens with one attached hydrogen (secondary N) is 1. The van der Waals surface area contributed by atoms with Crippen LogP contribution in [0.3, 0.4) is 0 Å². The number of anilines is 1. The van der Waals surface area contributed by atoms with Gasteiger partial charge in [0, 0.05) is 32.8 Å². The number of phenols is 1. The minimum Gasteiger partial charge on any atom is -0.504 e. The van der Waals surface area contributed by atoms with Crippen LogP contribution in [0.2, 0.25) is 0 Å². The van der Waals surface area contributed by atoms with Crippen molar-refractivity contribution >= 4 is 40.1 Å². The Balaban J connectivity index is 1.52. The molecule has 6 nitrogen and oxygen atoms in total. The molecule has 0 saturated heterocycles. The van der Waals surface area contributed by atoms with Gasteiger partial charge in [0.1, 0.15) is 11.5 Å². The van der Waals surface area contributed by atoms with Gasteiger partial charge in [0.2, 0.25) is 0 Å². The summed E-state index contributed by atoms with van der Waals surface area (Å²) in [5.41, 5.74) is 7.38. The molecule has 2 aliphatic heterocycles. The van der Waals surface area contributed by atoms with Crippen molar-refractivity contribution in [2.24, 2.45) is 5.16 Å². The van der Waals surface area contributed by atoms with E-state index in [9.17, 15) is 5.11 Å². The lowest BCUT2D eigenvalue weighted by atomic mass is 9.83. The lowest BCUT2D eigenvalue weighted by Gasteiger charge is -2.35. The Kier molecular flexibility index (Phi) is 6.39. The molecule has 3 heterocycles. The minimum atomic E-state index is -0.189. The largest absolute Gasteiger partial charge is 0.504 e. The quantitative estimate of drug-likeness (QED) is 0.193. The van der Waals surface area contributed by atoms with Crippen molar-refractivity contribution in [3.63, 3.8) is 0 Å². The van der Waals surface area contributed by atoms with E-state index in [1.54, 1.807) is 30.6 Å². The number of aromatic hydroxyl groups is 1. The summed E-state index contributed by atoms with van der Waals surface area (Å²) in [6.07, 6.45) is 4.30. The lowest BCUT2D eigenvalue weighted by Crippen LogP contribution is -2.32. The van der Waals surface area contributed by atoms with E-state index in [0.29, 0.717) is 23.0 Å². The molecule has 7 heteroatoms. The maximum absolute atomic E-state index is 10.6. The SMILES string of the molecule is COc1c(O)ccc2c1-c1ccc3c(c1/C(=C/c1sccc1/C(C)=N/Oc1ccccc1)O2)C(C)=CC(C)(C)N3. The van der Waals surface area contributed by atoms with Crippen LogP contribution in [0, 0.1) is 0 Å². The van der Waals surface area contributed by atoms with Crippen LogP contribution in [-0.4, -0.2) is 23.5 Å². The van der Waals surface area contributed by atoms with Gasteiger partial charge < -0.3 is 24.7 Å². The van der Waals surface area contributed by atoms with Crippen LogP contribution in [0.5, 0.6) is 23.0 Å². The van der Waals surface area contributed by atoms with E-state index < -0.39 is 0 Å². The summed E-state index contributed by atoms with van der Waals surface area (Å²) >= 11 is 1.61. The van der Waals surface area contributed by atoms with Gasteiger partial charge in [0.25, 0.3) is 0 Å². The molecule has 0 saturated carbocycles. The summed E-state index contributed by atoms with van der Waals surface area (Å²) in [7, 11) is 1.56. The number of benzene rings is 3. The van der Waals surface area contributed by atoms with E-state index in [1.807, 2.05) is 48.7 Å². The van der Waals surface area contributed by atoms with E-state index in [4.69, 9.17) is 14.3 Å². The second-order valence-corrected chi connectivity index (χ2v) is 11.4. The van der Waals surface area contributed by atoms with Crippen LogP contribution in [0.15, 0.2) is 77.3 Å². The van der Waals surface area contributed by atoms with E-state index in [2.05, 4.69) is 55.5 Å². The predicted molar refractivity (Wildman–Crippen MR) is 164 cm³/mol. The maximum Gasteiger partial charge on any atom is 0.172 e. The van der Waals surface area contributed by atoms with Crippen molar-refractivity contribution in [3.8, 4) is 34.1 Å². The third-order valence-corrected chi connectivity index (χ3v) is 7.91. The standard InChI is InChI=1S/C33H30N2O4S/c1-19-18-33(3,4)34-24-12-11-23-30(29(19)24)27(38-26-14-13-25(36)32(37-5)31(23)26)17-28-22(15-16-40-28)20(2)35-39-21-9-7-6-8-10-21/h6-18,34,36H,1-5H3/b27-17-,35-20+. The number of thiophene rings is 1. The average Bonchev–Trinajstić information content (AvgIpc) is 3.39.